The van der Waals surface area contributed by atoms with Gasteiger partial charge in [-0.15, -0.1) is 0 Å². The average molecular weight is 293 g/mol. The molecule has 3 rings (SSSR count). The lowest BCUT2D eigenvalue weighted by atomic mass is 9.95. The van der Waals surface area contributed by atoms with E-state index >= 15 is 0 Å². The SMILES string of the molecule is N#Cc1cc(Br)ccc1N[C@@H]1C[C@H]2CC[C@@H]1O2. The zero-order valence-electron chi connectivity index (χ0n) is 9.32. The van der Waals surface area contributed by atoms with E-state index < -0.39 is 0 Å². The molecule has 2 fully saturated rings. The van der Waals surface area contributed by atoms with Gasteiger partial charge in [-0.05, 0) is 37.5 Å². The van der Waals surface area contributed by atoms with Crippen LogP contribution in [-0.2, 0) is 4.74 Å². The summed E-state index contributed by atoms with van der Waals surface area (Å²) >= 11 is 3.38. The Kier molecular flexibility index (Phi) is 2.81. The van der Waals surface area contributed by atoms with Gasteiger partial charge in [-0.3, -0.25) is 0 Å². The molecule has 17 heavy (non-hydrogen) atoms. The van der Waals surface area contributed by atoms with Gasteiger partial charge in [0, 0.05) is 4.47 Å². The van der Waals surface area contributed by atoms with Crippen LogP contribution in [0.25, 0.3) is 0 Å². The minimum atomic E-state index is 0.329. The van der Waals surface area contributed by atoms with Crippen molar-refractivity contribution >= 4 is 21.6 Å². The van der Waals surface area contributed by atoms with Crippen LogP contribution in [0.3, 0.4) is 0 Å². The summed E-state index contributed by atoms with van der Waals surface area (Å²) in [6, 6.07) is 8.34. The summed E-state index contributed by atoms with van der Waals surface area (Å²) in [6.45, 7) is 0. The van der Waals surface area contributed by atoms with E-state index in [2.05, 4.69) is 27.3 Å². The summed E-state index contributed by atoms with van der Waals surface area (Å²) in [5.74, 6) is 0. The number of nitriles is 1. The van der Waals surface area contributed by atoms with Gasteiger partial charge in [0.15, 0.2) is 0 Å². The number of nitrogens with zero attached hydrogens (tertiary/aromatic N) is 1. The number of nitrogens with one attached hydrogen (secondary N) is 1. The Bertz CT molecular complexity index is 483. The number of halogens is 1. The Morgan fingerprint density at radius 1 is 1.41 bits per heavy atom. The van der Waals surface area contributed by atoms with E-state index in [1.54, 1.807) is 0 Å². The Labute approximate surface area is 109 Å². The Hall–Kier alpha value is -1.05. The minimum Gasteiger partial charge on any atom is -0.379 e. The number of anilines is 1. The third kappa shape index (κ3) is 2.05. The molecule has 2 saturated heterocycles. The van der Waals surface area contributed by atoms with Gasteiger partial charge in [-0.2, -0.15) is 5.26 Å². The summed E-state index contributed by atoms with van der Waals surface area (Å²) in [5, 5.41) is 12.6. The molecule has 2 bridgehead atoms. The standard InChI is InChI=1S/C13H13BrN2O/c14-9-1-3-11(8(5-9)7-15)16-12-6-10-2-4-13(12)17-10/h1,3,5,10,12-13,16H,2,4,6H2/t10-,12-,13+/m1/s1. The van der Waals surface area contributed by atoms with Crippen molar-refractivity contribution in [1.29, 1.82) is 5.26 Å². The number of ether oxygens (including phenoxy) is 1. The van der Waals surface area contributed by atoms with Crippen molar-refractivity contribution in [2.24, 2.45) is 0 Å². The number of hydrogen-bond donors (Lipinski definition) is 1. The second-order valence-electron chi connectivity index (χ2n) is 4.66. The maximum Gasteiger partial charge on any atom is 0.101 e. The van der Waals surface area contributed by atoms with Gasteiger partial charge in [0.25, 0.3) is 0 Å². The monoisotopic (exact) mass is 292 g/mol. The average Bonchev–Trinajstić information content (AvgIpc) is 2.93. The van der Waals surface area contributed by atoms with E-state index in [0.29, 0.717) is 23.8 Å². The van der Waals surface area contributed by atoms with E-state index in [4.69, 9.17) is 10.00 Å². The van der Waals surface area contributed by atoms with Crippen LogP contribution < -0.4 is 5.32 Å². The van der Waals surface area contributed by atoms with E-state index in [1.165, 1.54) is 6.42 Å². The highest BCUT2D eigenvalue weighted by Crippen LogP contribution is 2.36. The first-order valence-electron chi connectivity index (χ1n) is 5.88. The summed E-state index contributed by atoms with van der Waals surface area (Å²) < 4.78 is 6.73. The molecule has 3 atom stereocenters. The second kappa shape index (κ2) is 4.32. The fraction of sp³-hybridized carbons (Fsp3) is 0.462. The van der Waals surface area contributed by atoms with Gasteiger partial charge >= 0.3 is 0 Å². The smallest absolute Gasteiger partial charge is 0.101 e. The second-order valence-corrected chi connectivity index (χ2v) is 5.58. The molecule has 2 aliphatic heterocycles. The van der Waals surface area contributed by atoms with E-state index in [-0.39, 0.29) is 0 Å². The highest BCUT2D eigenvalue weighted by molar-refractivity contribution is 9.10. The molecule has 1 aromatic carbocycles. The van der Waals surface area contributed by atoms with Crippen LogP contribution in [0.5, 0.6) is 0 Å². The first kappa shape index (κ1) is 11.1. The lowest BCUT2D eigenvalue weighted by Crippen LogP contribution is -2.30. The van der Waals surface area contributed by atoms with Crippen LogP contribution in [0.4, 0.5) is 5.69 Å². The van der Waals surface area contributed by atoms with Gasteiger partial charge in [0.1, 0.15) is 6.07 Å². The minimum absolute atomic E-state index is 0.329. The number of fused-ring (bicyclic) bond motifs is 2. The van der Waals surface area contributed by atoms with Crippen molar-refractivity contribution in [1.82, 2.24) is 0 Å². The number of hydrogen-bond acceptors (Lipinski definition) is 3. The van der Waals surface area contributed by atoms with Gasteiger partial charge in [0.05, 0.1) is 29.5 Å². The maximum absolute atomic E-state index is 9.11. The third-order valence-corrected chi connectivity index (χ3v) is 4.04. The van der Waals surface area contributed by atoms with Crippen molar-refractivity contribution < 1.29 is 4.74 Å². The summed E-state index contributed by atoms with van der Waals surface area (Å²) in [6.07, 6.45) is 4.15. The highest BCUT2D eigenvalue weighted by Gasteiger charge is 2.40. The largest absolute Gasteiger partial charge is 0.379 e. The van der Waals surface area contributed by atoms with Crippen molar-refractivity contribution in [2.75, 3.05) is 5.32 Å². The van der Waals surface area contributed by atoms with Crippen LogP contribution >= 0.6 is 15.9 Å². The van der Waals surface area contributed by atoms with Gasteiger partial charge in [0.2, 0.25) is 0 Å². The van der Waals surface area contributed by atoms with Crippen molar-refractivity contribution in [3.05, 3.63) is 28.2 Å². The zero-order valence-corrected chi connectivity index (χ0v) is 10.9. The lowest BCUT2D eigenvalue weighted by molar-refractivity contribution is 0.102. The van der Waals surface area contributed by atoms with Crippen molar-refractivity contribution in [3.63, 3.8) is 0 Å². The molecule has 88 valence electrons. The molecule has 2 heterocycles. The van der Waals surface area contributed by atoms with Crippen LogP contribution in [0.2, 0.25) is 0 Å². The van der Waals surface area contributed by atoms with Crippen LogP contribution in [0.1, 0.15) is 24.8 Å². The van der Waals surface area contributed by atoms with Crippen LogP contribution in [0, 0.1) is 11.3 Å². The molecule has 0 aliphatic carbocycles. The molecule has 0 aromatic heterocycles. The predicted octanol–water partition coefficient (Wildman–Crippen LogP) is 3.05. The Balaban J connectivity index is 1.79. The fourth-order valence-corrected chi connectivity index (χ4v) is 3.09. The zero-order chi connectivity index (χ0) is 11.8. The summed E-state index contributed by atoms with van der Waals surface area (Å²) in [4.78, 5) is 0. The van der Waals surface area contributed by atoms with Gasteiger partial charge < -0.3 is 10.1 Å². The topological polar surface area (TPSA) is 45.0 Å². The number of rotatable bonds is 2. The van der Waals surface area contributed by atoms with E-state index in [9.17, 15) is 0 Å². The summed E-state index contributed by atoms with van der Waals surface area (Å²) in [5.41, 5.74) is 1.60. The van der Waals surface area contributed by atoms with E-state index in [1.807, 2.05) is 18.2 Å². The van der Waals surface area contributed by atoms with E-state index in [0.717, 1.165) is 23.0 Å². The lowest BCUT2D eigenvalue weighted by Gasteiger charge is -2.21. The maximum atomic E-state index is 9.11. The van der Waals surface area contributed by atoms with Crippen LogP contribution in [-0.4, -0.2) is 18.2 Å². The fourth-order valence-electron chi connectivity index (χ4n) is 2.72. The molecule has 3 nitrogen and oxygen atoms in total. The molecule has 1 aromatic rings. The van der Waals surface area contributed by atoms with Crippen LogP contribution in [0.15, 0.2) is 22.7 Å². The normalized spacial score (nSPS) is 30.2. The predicted molar refractivity (Wildman–Crippen MR) is 68.8 cm³/mol. The summed E-state index contributed by atoms with van der Waals surface area (Å²) in [7, 11) is 0. The quantitative estimate of drug-likeness (QED) is 0.911. The first-order chi connectivity index (χ1) is 8.26. The molecule has 4 heteroatoms. The molecule has 0 saturated carbocycles. The highest BCUT2D eigenvalue weighted by atomic mass is 79.9. The molecule has 0 amide bonds. The Morgan fingerprint density at radius 2 is 2.29 bits per heavy atom. The molecule has 1 N–H and O–H groups in total. The van der Waals surface area contributed by atoms with Gasteiger partial charge in [-0.25, -0.2) is 0 Å². The van der Waals surface area contributed by atoms with Crippen molar-refractivity contribution in [3.8, 4) is 6.07 Å². The molecular formula is C13H13BrN2O. The molecule has 0 radical (unpaired) electrons. The Morgan fingerprint density at radius 3 is 2.94 bits per heavy atom. The van der Waals surface area contributed by atoms with Crippen molar-refractivity contribution in [2.45, 2.75) is 37.5 Å². The first-order valence-corrected chi connectivity index (χ1v) is 6.67. The molecule has 0 spiro atoms. The van der Waals surface area contributed by atoms with Gasteiger partial charge in [-0.1, -0.05) is 15.9 Å². The number of benzene rings is 1. The third-order valence-electron chi connectivity index (χ3n) is 3.55. The molecular weight excluding hydrogens is 280 g/mol. The molecule has 0 unspecified atom stereocenters. The molecule has 2 aliphatic rings.